The van der Waals surface area contributed by atoms with Gasteiger partial charge in [-0.15, -0.1) is 0 Å². The number of methoxy groups -OCH3 is 1. The van der Waals surface area contributed by atoms with Gasteiger partial charge in [0.2, 0.25) is 0 Å². The molecule has 1 saturated heterocycles. The Hall–Kier alpha value is -3.18. The quantitative estimate of drug-likeness (QED) is 0.366. The predicted octanol–water partition coefficient (Wildman–Crippen LogP) is 2.62. The molecule has 0 bridgehead atoms. The average Bonchev–Trinajstić information content (AvgIpc) is 2.83. The molecule has 0 saturated carbocycles. The Kier molecular flexibility index (Phi) is 9.50. The molecular formula is C26H42N8O3. The highest BCUT2D eigenvalue weighted by Crippen LogP contribution is 2.27. The van der Waals surface area contributed by atoms with Gasteiger partial charge in [-0.25, -0.2) is 14.8 Å². The molecule has 1 fully saturated rings. The summed E-state index contributed by atoms with van der Waals surface area (Å²) in [7, 11) is 5.80. The van der Waals surface area contributed by atoms with Crippen LogP contribution in [0.1, 0.15) is 45.6 Å². The summed E-state index contributed by atoms with van der Waals surface area (Å²) in [5, 5.41) is 15.1. The number of hydrogen-bond acceptors (Lipinski definition) is 10. The van der Waals surface area contributed by atoms with Gasteiger partial charge in [0.1, 0.15) is 29.3 Å². The zero-order valence-electron chi connectivity index (χ0n) is 22.9. The van der Waals surface area contributed by atoms with Gasteiger partial charge in [0.15, 0.2) is 0 Å². The molecule has 37 heavy (non-hydrogen) atoms. The first-order valence-electron chi connectivity index (χ1n) is 12.8. The number of ether oxygens (including phenoxy) is 2. The number of aromatic nitrogens is 2. The minimum atomic E-state index is -0.602. The zero-order chi connectivity index (χ0) is 27.2. The van der Waals surface area contributed by atoms with Crippen molar-refractivity contribution in [2.75, 3.05) is 58.4 Å². The lowest BCUT2D eigenvalue weighted by Gasteiger charge is -2.36. The Morgan fingerprint density at radius 2 is 2.08 bits per heavy atom. The van der Waals surface area contributed by atoms with Gasteiger partial charge in [-0.2, -0.15) is 0 Å². The smallest absolute Gasteiger partial charge is 0.408 e. The largest absolute Gasteiger partial charge is 0.499 e. The van der Waals surface area contributed by atoms with Crippen LogP contribution >= 0.6 is 0 Å². The summed E-state index contributed by atoms with van der Waals surface area (Å²) in [6, 6.07) is 0.176. The first-order chi connectivity index (χ1) is 17.5. The highest BCUT2D eigenvalue weighted by molar-refractivity contribution is 6.17. The molecule has 5 N–H and O–H groups in total. The average molecular weight is 515 g/mol. The number of nitrogens with zero attached hydrogens (tertiary/aromatic N) is 4. The van der Waals surface area contributed by atoms with Crippen LogP contribution in [0.25, 0.3) is 0 Å². The molecule has 204 valence electrons. The topological polar surface area (TPSA) is 142 Å². The Morgan fingerprint density at radius 3 is 2.76 bits per heavy atom. The first kappa shape index (κ1) is 28.4. The Balaban J connectivity index is 1.67. The van der Waals surface area contributed by atoms with Crippen molar-refractivity contribution < 1.29 is 14.3 Å². The summed E-state index contributed by atoms with van der Waals surface area (Å²) in [6.45, 7) is 9.10. The summed E-state index contributed by atoms with van der Waals surface area (Å²) in [6.07, 6.45) is 7.34. The number of alkyl carbamates (subject to hydrolysis) is 1. The number of nitrogens with one attached hydrogen (secondary N) is 3. The molecule has 1 aliphatic heterocycles. The standard InChI is InChI=1S/C26H42N8O3/c1-26(2,3)37-25(35)32-19-10-9-17(14-20(19)36-6)22(27)21-23(28)30-16-31-24(21)29-11-13-34-12-7-8-18(15-34)33(4)5/h9,14,16,18-19,27H,7-8,10-13,15H2,1-6H3,(H,32,35)(H3,28,29,30,31). The fourth-order valence-corrected chi connectivity index (χ4v) is 4.54. The third-order valence-electron chi connectivity index (χ3n) is 6.49. The van der Waals surface area contributed by atoms with Gasteiger partial charge in [0.25, 0.3) is 0 Å². The lowest BCUT2D eigenvalue weighted by Crippen LogP contribution is -2.46. The maximum atomic E-state index is 12.3. The third kappa shape index (κ3) is 7.90. The normalized spacial score (nSPS) is 20.6. The van der Waals surface area contributed by atoms with Crippen LogP contribution in [-0.2, 0) is 9.47 Å². The monoisotopic (exact) mass is 514 g/mol. The molecule has 2 aliphatic rings. The molecular weight excluding hydrogens is 472 g/mol. The number of rotatable bonds is 9. The Labute approximate surface area is 220 Å². The van der Waals surface area contributed by atoms with Crippen LogP contribution in [-0.4, -0.2) is 96.6 Å². The van der Waals surface area contributed by atoms with E-state index in [2.05, 4.69) is 44.5 Å². The first-order valence-corrected chi connectivity index (χ1v) is 12.8. The van der Waals surface area contributed by atoms with Crippen LogP contribution in [0.4, 0.5) is 16.4 Å². The second-order valence-corrected chi connectivity index (χ2v) is 10.7. The van der Waals surface area contributed by atoms with Gasteiger partial charge < -0.3 is 35.6 Å². The maximum Gasteiger partial charge on any atom is 0.408 e. The highest BCUT2D eigenvalue weighted by Gasteiger charge is 2.27. The number of likely N-dealkylation sites (tertiary alicyclic amines) is 1. The van der Waals surface area contributed by atoms with Crippen molar-refractivity contribution >= 4 is 23.4 Å². The molecule has 11 heteroatoms. The molecule has 1 aromatic rings. The number of carbonyl (C=O) groups excluding carboxylic acids is 1. The molecule has 2 heterocycles. The number of amides is 1. The second-order valence-electron chi connectivity index (χ2n) is 10.7. The number of nitrogen functional groups attached to an aromatic ring is 1. The lowest BCUT2D eigenvalue weighted by molar-refractivity contribution is 0.0497. The van der Waals surface area contributed by atoms with Gasteiger partial charge in [-0.05, 0) is 72.3 Å². The van der Waals surface area contributed by atoms with Crippen molar-refractivity contribution in [1.82, 2.24) is 25.1 Å². The van der Waals surface area contributed by atoms with Crippen LogP contribution in [0.15, 0.2) is 29.8 Å². The van der Waals surface area contributed by atoms with Gasteiger partial charge in [-0.1, -0.05) is 6.08 Å². The van der Waals surface area contributed by atoms with E-state index in [1.807, 2.05) is 26.8 Å². The summed E-state index contributed by atoms with van der Waals surface area (Å²) in [4.78, 5) is 25.5. The second kappa shape index (κ2) is 12.4. The van der Waals surface area contributed by atoms with E-state index in [-0.39, 0.29) is 11.5 Å². The SMILES string of the molecule is COC1=CC(C(=N)c2c(N)ncnc2NCCN2CCCC(N(C)C)C2)=CCC1NC(=O)OC(C)(C)C. The molecule has 2 unspecified atom stereocenters. The fraction of sp³-hybridized carbons (Fsp3) is 0.615. The minimum absolute atomic E-state index is 0.191. The number of nitrogens with two attached hydrogens (primary N) is 1. The molecule has 0 radical (unpaired) electrons. The molecule has 1 amide bonds. The van der Waals surface area contributed by atoms with Crippen molar-refractivity contribution in [3.05, 3.63) is 35.4 Å². The van der Waals surface area contributed by atoms with E-state index in [0.717, 1.165) is 19.6 Å². The molecule has 11 nitrogen and oxygen atoms in total. The number of likely N-dealkylation sites (N-methyl/N-ethyl adjacent to an activating group) is 1. The van der Waals surface area contributed by atoms with Gasteiger partial charge in [-0.3, -0.25) is 5.41 Å². The van der Waals surface area contributed by atoms with E-state index < -0.39 is 17.7 Å². The van der Waals surface area contributed by atoms with E-state index in [1.54, 1.807) is 6.08 Å². The van der Waals surface area contributed by atoms with Gasteiger partial charge in [0.05, 0.1) is 24.4 Å². The highest BCUT2D eigenvalue weighted by atomic mass is 16.6. The summed E-state index contributed by atoms with van der Waals surface area (Å²) in [5.41, 5.74) is 6.87. The fourth-order valence-electron chi connectivity index (χ4n) is 4.54. The van der Waals surface area contributed by atoms with Gasteiger partial charge >= 0.3 is 6.09 Å². The van der Waals surface area contributed by atoms with Crippen LogP contribution in [0.5, 0.6) is 0 Å². The number of piperidine rings is 1. The van der Waals surface area contributed by atoms with Crippen LogP contribution in [0, 0.1) is 5.41 Å². The summed E-state index contributed by atoms with van der Waals surface area (Å²) in [5.74, 6) is 1.29. The zero-order valence-corrected chi connectivity index (χ0v) is 22.9. The van der Waals surface area contributed by atoms with E-state index in [0.29, 0.717) is 41.7 Å². The summed E-state index contributed by atoms with van der Waals surface area (Å²) < 4.78 is 10.9. The maximum absolute atomic E-state index is 12.3. The molecule has 1 aromatic heterocycles. The molecule has 1 aliphatic carbocycles. The third-order valence-corrected chi connectivity index (χ3v) is 6.49. The number of carbonyl (C=O) groups is 1. The molecule has 2 atom stereocenters. The van der Waals surface area contributed by atoms with Gasteiger partial charge in [0, 0.05) is 25.7 Å². The van der Waals surface area contributed by atoms with Crippen LogP contribution in [0.3, 0.4) is 0 Å². The van der Waals surface area contributed by atoms with Crippen molar-refractivity contribution in [2.24, 2.45) is 0 Å². The Bertz CT molecular complexity index is 1030. The number of hydrogen-bond donors (Lipinski definition) is 4. The van der Waals surface area contributed by atoms with E-state index in [9.17, 15) is 4.79 Å². The predicted molar refractivity (Wildman–Crippen MR) is 146 cm³/mol. The minimum Gasteiger partial charge on any atom is -0.499 e. The van der Waals surface area contributed by atoms with E-state index in [4.69, 9.17) is 20.6 Å². The lowest BCUT2D eigenvalue weighted by atomic mass is 9.94. The molecule has 0 aromatic carbocycles. The van der Waals surface area contributed by atoms with Crippen molar-refractivity contribution in [3.8, 4) is 0 Å². The molecule has 3 rings (SSSR count). The van der Waals surface area contributed by atoms with Crippen LogP contribution in [0.2, 0.25) is 0 Å². The van der Waals surface area contributed by atoms with E-state index in [1.165, 1.54) is 26.3 Å². The van der Waals surface area contributed by atoms with Crippen molar-refractivity contribution in [2.45, 2.75) is 57.7 Å². The number of anilines is 2. The van der Waals surface area contributed by atoms with Crippen molar-refractivity contribution in [3.63, 3.8) is 0 Å². The van der Waals surface area contributed by atoms with E-state index >= 15 is 0 Å². The van der Waals surface area contributed by atoms with Crippen molar-refractivity contribution in [1.29, 1.82) is 5.41 Å². The Morgan fingerprint density at radius 1 is 1.32 bits per heavy atom. The number of allylic oxidation sites excluding steroid dienone is 2. The molecule has 0 spiro atoms. The van der Waals surface area contributed by atoms with Crippen LogP contribution < -0.4 is 16.4 Å². The summed E-state index contributed by atoms with van der Waals surface area (Å²) >= 11 is 0.